The number of ether oxygens (including phenoxy) is 1. The topological polar surface area (TPSA) is 131 Å². The number of amides is 1. The molecule has 0 bridgehead atoms. The Hall–Kier alpha value is -3.39. The maximum absolute atomic E-state index is 11.8. The Morgan fingerprint density at radius 1 is 1.36 bits per heavy atom. The molecule has 1 aliphatic heterocycles. The fourth-order valence-electron chi connectivity index (χ4n) is 4.48. The molecule has 10 heteroatoms. The third-order valence-electron chi connectivity index (χ3n) is 6.38. The van der Waals surface area contributed by atoms with E-state index in [1.165, 1.54) is 11.3 Å². The van der Waals surface area contributed by atoms with Gasteiger partial charge in [-0.05, 0) is 43.0 Å². The summed E-state index contributed by atoms with van der Waals surface area (Å²) < 4.78 is 5.63. The largest absolute Gasteiger partial charge is 0.491 e. The van der Waals surface area contributed by atoms with Gasteiger partial charge in [-0.2, -0.15) is 0 Å². The highest BCUT2D eigenvalue weighted by atomic mass is 32.1. The van der Waals surface area contributed by atoms with E-state index in [0.717, 1.165) is 60.4 Å². The van der Waals surface area contributed by atoms with Crippen molar-refractivity contribution in [2.45, 2.75) is 44.8 Å². The fourth-order valence-corrected chi connectivity index (χ4v) is 5.47. The molecule has 1 saturated heterocycles. The van der Waals surface area contributed by atoms with Crippen molar-refractivity contribution in [3.05, 3.63) is 52.2 Å². The Bertz CT molecular complexity index is 1250. The Kier molecular flexibility index (Phi) is 8.25. The number of nitrogens with zero attached hydrogens (tertiary/aromatic N) is 3. The summed E-state index contributed by atoms with van der Waals surface area (Å²) in [4.78, 5) is 23.4. The number of thiophene rings is 1. The predicted octanol–water partition coefficient (Wildman–Crippen LogP) is 3.48. The summed E-state index contributed by atoms with van der Waals surface area (Å²) >= 11 is 1.26. The number of aliphatic hydroxyl groups excluding tert-OH is 1. The molecular formula is C26H32N6O3S. The average Bonchev–Trinajstić information content (AvgIpc) is 3.23. The standard InChI is InChI=1S/C26H32N6O3S/c1-3-4-16-13-21(31-26-22(16)23(27)24(36-26)25(28)34)32-11-9-18(10-12-32)30-14-19(33)15-35-20-7-5-17(29-2)6-8-20/h5-8,13,18-19,30,33H,3-4,9-12,14-15,27H2,1H3,(H2,28,34). The van der Waals surface area contributed by atoms with E-state index in [9.17, 15) is 9.90 Å². The SMILES string of the molecule is [C-]#[N+]c1ccc(OCC(O)CNC2CCN(c3cc(CCC)c4c(N)c(C(N)=O)sc4n3)CC2)cc1. The number of aromatic nitrogens is 1. The molecule has 6 N–H and O–H groups in total. The molecule has 0 aliphatic carbocycles. The third-order valence-corrected chi connectivity index (χ3v) is 7.49. The molecule has 190 valence electrons. The molecule has 1 atom stereocenters. The number of benzene rings is 1. The third kappa shape index (κ3) is 5.87. The quantitative estimate of drug-likeness (QED) is 0.308. The van der Waals surface area contributed by atoms with Gasteiger partial charge in [-0.1, -0.05) is 25.5 Å². The zero-order chi connectivity index (χ0) is 25.7. The molecule has 1 fully saturated rings. The van der Waals surface area contributed by atoms with Crippen LogP contribution in [0.4, 0.5) is 17.2 Å². The smallest absolute Gasteiger partial charge is 0.260 e. The summed E-state index contributed by atoms with van der Waals surface area (Å²) in [6, 6.07) is 9.26. The summed E-state index contributed by atoms with van der Waals surface area (Å²) in [6.45, 7) is 11.4. The highest BCUT2D eigenvalue weighted by molar-refractivity contribution is 7.21. The minimum absolute atomic E-state index is 0.185. The maximum Gasteiger partial charge on any atom is 0.260 e. The molecule has 3 heterocycles. The minimum atomic E-state index is -0.631. The molecule has 1 unspecified atom stereocenters. The molecular weight excluding hydrogens is 476 g/mol. The van der Waals surface area contributed by atoms with Gasteiger partial charge in [0.2, 0.25) is 0 Å². The van der Waals surface area contributed by atoms with Gasteiger partial charge in [0.1, 0.15) is 34.0 Å². The molecule has 0 radical (unpaired) electrons. The zero-order valence-corrected chi connectivity index (χ0v) is 21.2. The number of hydrogen-bond donors (Lipinski definition) is 4. The first-order valence-corrected chi connectivity index (χ1v) is 13.0. The Morgan fingerprint density at radius 2 is 2.08 bits per heavy atom. The number of carbonyl (C=O) groups excluding carboxylic acids is 1. The Morgan fingerprint density at radius 3 is 2.72 bits per heavy atom. The van der Waals surface area contributed by atoms with E-state index in [-0.39, 0.29) is 6.61 Å². The Labute approximate surface area is 214 Å². The molecule has 0 saturated carbocycles. The number of nitrogen functional groups attached to an aromatic ring is 1. The number of hydrogen-bond acceptors (Lipinski definition) is 8. The first kappa shape index (κ1) is 25.7. The van der Waals surface area contributed by atoms with E-state index in [4.69, 9.17) is 27.8 Å². The number of rotatable bonds is 10. The van der Waals surface area contributed by atoms with Crippen LogP contribution in [-0.2, 0) is 6.42 Å². The van der Waals surface area contributed by atoms with Crippen LogP contribution >= 0.6 is 11.3 Å². The van der Waals surface area contributed by atoms with Gasteiger partial charge in [0.15, 0.2) is 5.69 Å². The van der Waals surface area contributed by atoms with Gasteiger partial charge in [-0.25, -0.2) is 9.83 Å². The predicted molar refractivity (Wildman–Crippen MR) is 144 cm³/mol. The lowest BCUT2D eigenvalue weighted by Gasteiger charge is -2.34. The number of carbonyl (C=O) groups is 1. The van der Waals surface area contributed by atoms with Gasteiger partial charge in [0.25, 0.3) is 5.91 Å². The maximum atomic E-state index is 11.8. The van der Waals surface area contributed by atoms with Crippen LogP contribution in [0.3, 0.4) is 0 Å². The number of aliphatic hydroxyl groups is 1. The van der Waals surface area contributed by atoms with Crippen LogP contribution in [0.5, 0.6) is 5.75 Å². The van der Waals surface area contributed by atoms with Crippen molar-refractivity contribution in [3.8, 4) is 5.75 Å². The van der Waals surface area contributed by atoms with Crippen LogP contribution in [0.1, 0.15) is 41.4 Å². The van der Waals surface area contributed by atoms with Crippen molar-refractivity contribution < 1.29 is 14.6 Å². The first-order chi connectivity index (χ1) is 17.4. The monoisotopic (exact) mass is 508 g/mol. The zero-order valence-electron chi connectivity index (χ0n) is 20.4. The average molecular weight is 509 g/mol. The number of piperidine rings is 1. The van der Waals surface area contributed by atoms with Crippen LogP contribution in [-0.4, -0.2) is 54.4 Å². The number of primary amides is 1. The number of nitrogens with two attached hydrogens (primary N) is 2. The van der Waals surface area contributed by atoms with Gasteiger partial charge in [-0.15, -0.1) is 11.3 Å². The van der Waals surface area contributed by atoms with Gasteiger partial charge in [0, 0.05) is 31.1 Å². The summed E-state index contributed by atoms with van der Waals surface area (Å²) in [5, 5.41) is 14.6. The lowest BCUT2D eigenvalue weighted by atomic mass is 10.0. The van der Waals surface area contributed by atoms with Crippen molar-refractivity contribution in [1.29, 1.82) is 0 Å². The van der Waals surface area contributed by atoms with Crippen molar-refractivity contribution in [2.75, 3.05) is 36.9 Å². The lowest BCUT2D eigenvalue weighted by molar-refractivity contribution is 0.100. The molecule has 36 heavy (non-hydrogen) atoms. The summed E-state index contributed by atoms with van der Waals surface area (Å²) in [5.74, 6) is 1.02. The number of fused-ring (bicyclic) bond motifs is 1. The van der Waals surface area contributed by atoms with E-state index >= 15 is 0 Å². The number of anilines is 2. The van der Waals surface area contributed by atoms with Gasteiger partial charge >= 0.3 is 0 Å². The normalized spacial score (nSPS) is 15.1. The molecule has 4 rings (SSSR count). The Balaban J connectivity index is 1.31. The van der Waals surface area contributed by atoms with E-state index in [1.807, 2.05) is 0 Å². The minimum Gasteiger partial charge on any atom is -0.491 e. The van der Waals surface area contributed by atoms with E-state index in [1.54, 1.807) is 24.3 Å². The van der Waals surface area contributed by atoms with Gasteiger partial charge in [-0.3, -0.25) is 4.79 Å². The highest BCUT2D eigenvalue weighted by Gasteiger charge is 2.24. The van der Waals surface area contributed by atoms with Crippen molar-refractivity contribution in [1.82, 2.24) is 10.3 Å². The molecule has 1 amide bonds. The lowest BCUT2D eigenvalue weighted by Crippen LogP contribution is -2.45. The van der Waals surface area contributed by atoms with Crippen molar-refractivity contribution in [3.63, 3.8) is 0 Å². The van der Waals surface area contributed by atoms with Crippen LogP contribution in [0, 0.1) is 6.57 Å². The first-order valence-electron chi connectivity index (χ1n) is 12.2. The number of nitrogens with one attached hydrogen (secondary N) is 1. The van der Waals surface area contributed by atoms with Crippen LogP contribution in [0.2, 0.25) is 0 Å². The fraction of sp³-hybridized carbons (Fsp3) is 0.423. The number of pyridine rings is 1. The van der Waals surface area contributed by atoms with E-state index < -0.39 is 12.0 Å². The second-order valence-corrected chi connectivity index (χ2v) is 10.0. The molecule has 9 nitrogen and oxygen atoms in total. The van der Waals surface area contributed by atoms with Gasteiger partial charge in [0.05, 0.1) is 12.3 Å². The summed E-state index contributed by atoms with van der Waals surface area (Å²) in [5.41, 5.74) is 13.9. The van der Waals surface area contributed by atoms with Crippen molar-refractivity contribution in [2.24, 2.45) is 5.73 Å². The molecule has 2 aromatic heterocycles. The molecule has 3 aromatic rings. The molecule has 0 spiro atoms. The van der Waals surface area contributed by atoms with Crippen LogP contribution < -0.4 is 26.4 Å². The van der Waals surface area contributed by atoms with Crippen molar-refractivity contribution >= 4 is 44.7 Å². The second kappa shape index (κ2) is 11.6. The highest BCUT2D eigenvalue weighted by Crippen LogP contribution is 2.37. The molecule has 1 aromatic carbocycles. The summed E-state index contributed by atoms with van der Waals surface area (Å²) in [7, 11) is 0. The number of aryl methyl sites for hydroxylation is 1. The van der Waals surface area contributed by atoms with Crippen LogP contribution in [0.25, 0.3) is 15.1 Å². The second-order valence-electron chi connectivity index (χ2n) is 9.02. The van der Waals surface area contributed by atoms with Crippen LogP contribution in [0.15, 0.2) is 30.3 Å². The van der Waals surface area contributed by atoms with E-state index in [0.29, 0.717) is 34.6 Å². The van der Waals surface area contributed by atoms with E-state index in [2.05, 4.69) is 28.1 Å². The molecule has 1 aliphatic rings. The summed E-state index contributed by atoms with van der Waals surface area (Å²) in [6.07, 6.45) is 3.03. The van der Waals surface area contributed by atoms with Gasteiger partial charge < -0.3 is 31.5 Å².